The second-order valence-electron chi connectivity index (χ2n) is 3.95. The van der Waals surface area contributed by atoms with Crippen molar-refractivity contribution in [2.24, 2.45) is 0 Å². The van der Waals surface area contributed by atoms with Crippen molar-refractivity contribution in [2.45, 2.75) is 39.0 Å². The van der Waals surface area contributed by atoms with Crippen LogP contribution in [0, 0.1) is 0 Å². The normalized spacial score (nSPS) is 13.8. The molecule has 4 nitrogen and oxygen atoms in total. The van der Waals surface area contributed by atoms with Crippen molar-refractivity contribution in [3.05, 3.63) is 17.5 Å². The largest absolute Gasteiger partial charge is 0.448 e. The quantitative estimate of drug-likeness (QED) is 0.839. The van der Waals surface area contributed by atoms with E-state index >= 15 is 0 Å². The molecule has 0 aromatic carbocycles. The molecule has 1 N–H and O–H groups in total. The summed E-state index contributed by atoms with van der Waals surface area (Å²) in [5, 5.41) is 6.17. The summed E-state index contributed by atoms with van der Waals surface area (Å²) in [6.07, 6.45) is -6.71. The van der Waals surface area contributed by atoms with Crippen LogP contribution in [0.25, 0.3) is 0 Å². The Morgan fingerprint density at radius 3 is 2.41 bits per heavy atom. The Hall–Kier alpha value is -1.53. The van der Waals surface area contributed by atoms with Crippen molar-refractivity contribution < 1.29 is 22.7 Å². The number of esters is 1. The van der Waals surface area contributed by atoms with E-state index in [1.807, 2.05) is 13.8 Å². The first-order valence-electron chi connectivity index (χ1n) is 5.04. The summed E-state index contributed by atoms with van der Waals surface area (Å²) in [5.41, 5.74) is 0.515. The van der Waals surface area contributed by atoms with Gasteiger partial charge in [-0.25, -0.2) is 4.79 Å². The summed E-state index contributed by atoms with van der Waals surface area (Å²) in [6.45, 7) is 4.50. The van der Waals surface area contributed by atoms with Crippen LogP contribution < -0.4 is 0 Å². The molecular weight excluding hydrogens is 237 g/mol. The molecule has 0 saturated heterocycles. The molecule has 0 aliphatic heterocycles. The summed E-state index contributed by atoms with van der Waals surface area (Å²) < 4.78 is 40.7. The Bertz CT molecular complexity index is 399. The van der Waals surface area contributed by atoms with Crippen LogP contribution >= 0.6 is 0 Å². The third-order valence-electron chi connectivity index (χ3n) is 2.17. The minimum Gasteiger partial charge on any atom is -0.448 e. The van der Waals surface area contributed by atoms with Gasteiger partial charge in [0, 0.05) is 5.69 Å². The Kier molecular flexibility index (Phi) is 3.79. The van der Waals surface area contributed by atoms with E-state index in [0.717, 1.165) is 6.92 Å². The van der Waals surface area contributed by atoms with Crippen LogP contribution in [-0.2, 0) is 4.74 Å². The highest BCUT2D eigenvalue weighted by molar-refractivity contribution is 5.87. The van der Waals surface area contributed by atoms with Crippen LogP contribution in [0.15, 0.2) is 6.07 Å². The predicted octanol–water partition coefficient (Wildman–Crippen LogP) is 2.64. The second kappa shape index (κ2) is 4.77. The highest BCUT2D eigenvalue weighted by Gasteiger charge is 2.39. The number of aromatic amines is 1. The Morgan fingerprint density at radius 2 is 2.00 bits per heavy atom. The van der Waals surface area contributed by atoms with Crippen molar-refractivity contribution in [1.29, 1.82) is 0 Å². The summed E-state index contributed by atoms with van der Waals surface area (Å²) in [5.74, 6) is -0.984. The maximum absolute atomic E-state index is 12.2. The average molecular weight is 250 g/mol. The van der Waals surface area contributed by atoms with Crippen LogP contribution in [-0.4, -0.2) is 28.4 Å². The fourth-order valence-corrected chi connectivity index (χ4v) is 1.02. The summed E-state index contributed by atoms with van der Waals surface area (Å²) in [7, 11) is 0. The zero-order chi connectivity index (χ0) is 13.2. The van der Waals surface area contributed by atoms with Gasteiger partial charge in [-0.3, -0.25) is 5.10 Å². The number of halogens is 3. The molecule has 1 unspecified atom stereocenters. The van der Waals surface area contributed by atoms with E-state index < -0.39 is 18.2 Å². The smallest absolute Gasteiger partial charge is 0.425 e. The molecular formula is C10H13F3N2O2. The topological polar surface area (TPSA) is 55.0 Å². The number of H-pyrrole nitrogens is 1. The second-order valence-corrected chi connectivity index (χ2v) is 3.95. The van der Waals surface area contributed by atoms with Gasteiger partial charge in [-0.1, -0.05) is 13.8 Å². The number of hydrogen-bond donors (Lipinski definition) is 1. The molecule has 17 heavy (non-hydrogen) atoms. The first-order valence-corrected chi connectivity index (χ1v) is 5.04. The number of carbonyl (C=O) groups is 1. The van der Waals surface area contributed by atoms with Crippen molar-refractivity contribution >= 4 is 5.97 Å². The van der Waals surface area contributed by atoms with Gasteiger partial charge in [0.1, 0.15) is 0 Å². The highest BCUT2D eigenvalue weighted by Crippen LogP contribution is 2.23. The molecule has 1 heterocycles. The molecule has 0 fully saturated rings. The Balaban J connectivity index is 2.70. The van der Waals surface area contributed by atoms with Crippen molar-refractivity contribution in [1.82, 2.24) is 10.2 Å². The zero-order valence-corrected chi connectivity index (χ0v) is 9.63. The molecule has 1 aromatic heterocycles. The van der Waals surface area contributed by atoms with Gasteiger partial charge < -0.3 is 4.74 Å². The highest BCUT2D eigenvalue weighted by atomic mass is 19.4. The van der Waals surface area contributed by atoms with Crippen molar-refractivity contribution in [3.8, 4) is 0 Å². The molecule has 0 aliphatic rings. The van der Waals surface area contributed by atoms with E-state index in [4.69, 9.17) is 0 Å². The summed E-state index contributed by atoms with van der Waals surface area (Å²) >= 11 is 0. The van der Waals surface area contributed by atoms with Gasteiger partial charge in [0.2, 0.25) is 0 Å². The Labute approximate surface area is 96.2 Å². The van der Waals surface area contributed by atoms with E-state index in [9.17, 15) is 18.0 Å². The number of alkyl halides is 3. The summed E-state index contributed by atoms with van der Waals surface area (Å²) in [4.78, 5) is 11.3. The number of rotatable bonds is 3. The van der Waals surface area contributed by atoms with Gasteiger partial charge in [0.25, 0.3) is 0 Å². The fourth-order valence-electron chi connectivity index (χ4n) is 1.02. The SMILES string of the molecule is CC(C)c1cc(C(=O)OC(C)C(F)(F)F)n[nH]1. The lowest BCUT2D eigenvalue weighted by molar-refractivity contribution is -0.198. The standard InChI is InChI=1S/C10H13F3N2O2/c1-5(2)7-4-8(15-14-7)9(16)17-6(3)10(11,12)13/h4-6H,1-3H3,(H,14,15). The number of carbonyl (C=O) groups excluding carboxylic acids is 1. The molecule has 0 saturated carbocycles. The third kappa shape index (κ3) is 3.47. The Morgan fingerprint density at radius 1 is 1.41 bits per heavy atom. The van der Waals surface area contributed by atoms with Crippen LogP contribution in [0.2, 0.25) is 0 Å². The van der Waals surface area contributed by atoms with E-state index in [1.165, 1.54) is 6.07 Å². The predicted molar refractivity (Wildman–Crippen MR) is 53.6 cm³/mol. The molecule has 0 aliphatic carbocycles. The average Bonchev–Trinajstić information content (AvgIpc) is 2.64. The lowest BCUT2D eigenvalue weighted by Crippen LogP contribution is -2.31. The summed E-state index contributed by atoms with van der Waals surface area (Å²) in [6, 6.07) is 1.39. The zero-order valence-electron chi connectivity index (χ0n) is 9.63. The van der Waals surface area contributed by atoms with Gasteiger partial charge in [0.05, 0.1) is 0 Å². The van der Waals surface area contributed by atoms with Gasteiger partial charge in [-0.2, -0.15) is 18.3 Å². The minimum atomic E-state index is -4.56. The fraction of sp³-hybridized carbons (Fsp3) is 0.600. The molecule has 0 bridgehead atoms. The molecule has 0 amide bonds. The van der Waals surface area contributed by atoms with Crippen LogP contribution in [0.1, 0.15) is 42.9 Å². The monoisotopic (exact) mass is 250 g/mol. The molecule has 1 aromatic rings. The lowest BCUT2D eigenvalue weighted by atomic mass is 10.1. The van der Waals surface area contributed by atoms with Crippen molar-refractivity contribution in [2.75, 3.05) is 0 Å². The van der Waals surface area contributed by atoms with Crippen molar-refractivity contribution in [3.63, 3.8) is 0 Å². The van der Waals surface area contributed by atoms with E-state index in [2.05, 4.69) is 14.9 Å². The number of ether oxygens (including phenoxy) is 1. The first kappa shape index (κ1) is 13.5. The number of nitrogens with zero attached hydrogens (tertiary/aromatic N) is 1. The molecule has 1 rings (SSSR count). The minimum absolute atomic E-state index is 0.101. The van der Waals surface area contributed by atoms with Gasteiger partial charge in [-0.05, 0) is 18.9 Å². The molecule has 0 radical (unpaired) electrons. The molecule has 7 heteroatoms. The third-order valence-corrected chi connectivity index (χ3v) is 2.17. The van der Waals surface area contributed by atoms with Crippen LogP contribution in [0.4, 0.5) is 13.2 Å². The molecule has 0 spiro atoms. The maximum Gasteiger partial charge on any atom is 0.425 e. The first-order chi connectivity index (χ1) is 7.71. The van der Waals surface area contributed by atoms with E-state index in [1.54, 1.807) is 0 Å². The molecule has 1 atom stereocenters. The lowest BCUT2D eigenvalue weighted by Gasteiger charge is -2.15. The van der Waals surface area contributed by atoms with Gasteiger partial charge in [-0.15, -0.1) is 0 Å². The van der Waals surface area contributed by atoms with Gasteiger partial charge >= 0.3 is 12.1 Å². The van der Waals surface area contributed by atoms with Crippen LogP contribution in [0.3, 0.4) is 0 Å². The van der Waals surface area contributed by atoms with E-state index in [-0.39, 0.29) is 11.6 Å². The number of nitrogens with one attached hydrogen (secondary N) is 1. The van der Waals surface area contributed by atoms with E-state index in [0.29, 0.717) is 5.69 Å². The number of aromatic nitrogens is 2. The van der Waals surface area contributed by atoms with Crippen LogP contribution in [0.5, 0.6) is 0 Å². The van der Waals surface area contributed by atoms with Gasteiger partial charge in [0.15, 0.2) is 11.8 Å². The molecule has 96 valence electrons. The maximum atomic E-state index is 12.2. The number of hydrogen-bond acceptors (Lipinski definition) is 3.